The topological polar surface area (TPSA) is 52.8 Å². The minimum atomic E-state index is -0.363. The number of ether oxygens (including phenoxy) is 2. The predicted molar refractivity (Wildman–Crippen MR) is 108 cm³/mol. The summed E-state index contributed by atoms with van der Waals surface area (Å²) < 4.78 is 13.1. The van der Waals surface area contributed by atoms with E-state index < -0.39 is 0 Å². The molecule has 1 saturated heterocycles. The minimum absolute atomic E-state index is 0.0203. The third-order valence-electron chi connectivity index (χ3n) is 4.47. The summed E-state index contributed by atoms with van der Waals surface area (Å²) in [5.41, 5.74) is 0.340. The molecule has 7 heteroatoms. The van der Waals surface area contributed by atoms with Gasteiger partial charge in [-0.15, -0.1) is 11.3 Å². The Morgan fingerprint density at radius 1 is 1.44 bits per heavy atom. The van der Waals surface area contributed by atoms with Gasteiger partial charge in [-0.05, 0) is 36.5 Å². The predicted octanol–water partition coefficient (Wildman–Crippen LogP) is 4.43. The first-order valence-corrected chi connectivity index (χ1v) is 10.2. The molecule has 1 aromatic heterocycles. The molecule has 146 valence electrons. The Morgan fingerprint density at radius 3 is 2.85 bits per heavy atom. The van der Waals surface area contributed by atoms with Gasteiger partial charge in [0.15, 0.2) is 4.80 Å². The summed E-state index contributed by atoms with van der Waals surface area (Å²) in [6.45, 7) is 7.96. The largest absolute Gasteiger partial charge is 0.496 e. The van der Waals surface area contributed by atoms with Crippen LogP contribution in [0.25, 0.3) is 0 Å². The molecular weight excluding hydrogens is 384 g/mol. The zero-order valence-corrected chi connectivity index (χ0v) is 17.7. The van der Waals surface area contributed by atoms with Crippen LogP contribution in [0, 0.1) is 0 Å². The van der Waals surface area contributed by atoms with Crippen molar-refractivity contribution in [1.29, 1.82) is 0 Å². The van der Waals surface area contributed by atoms with Crippen LogP contribution in [0.4, 0.5) is 0 Å². The Bertz CT molecular complexity index is 889. The quantitative estimate of drug-likeness (QED) is 0.751. The molecule has 1 aromatic carbocycles. The van der Waals surface area contributed by atoms with Crippen LogP contribution in [0.3, 0.4) is 0 Å². The molecule has 2 heterocycles. The first-order chi connectivity index (χ1) is 12.8. The molecule has 1 fully saturated rings. The van der Waals surface area contributed by atoms with E-state index in [-0.39, 0.29) is 17.4 Å². The van der Waals surface area contributed by atoms with Crippen molar-refractivity contribution >= 4 is 28.8 Å². The van der Waals surface area contributed by atoms with Gasteiger partial charge in [-0.3, -0.25) is 4.79 Å². The number of amides is 1. The van der Waals surface area contributed by atoms with E-state index in [0.717, 1.165) is 19.4 Å². The van der Waals surface area contributed by atoms with Crippen LogP contribution in [0.5, 0.6) is 5.75 Å². The summed E-state index contributed by atoms with van der Waals surface area (Å²) in [5, 5.41) is 0.475. The van der Waals surface area contributed by atoms with Crippen molar-refractivity contribution in [3.63, 3.8) is 0 Å². The molecule has 0 N–H and O–H groups in total. The number of nitrogens with zero attached hydrogens (tertiary/aromatic N) is 2. The van der Waals surface area contributed by atoms with E-state index in [4.69, 9.17) is 21.1 Å². The van der Waals surface area contributed by atoms with Crippen molar-refractivity contribution < 1.29 is 14.3 Å². The smallest absolute Gasteiger partial charge is 0.283 e. The Morgan fingerprint density at radius 2 is 2.22 bits per heavy atom. The van der Waals surface area contributed by atoms with Gasteiger partial charge < -0.3 is 14.0 Å². The number of carbonyl (C=O) groups excluding carboxylic acids is 1. The van der Waals surface area contributed by atoms with E-state index in [1.807, 2.05) is 4.57 Å². The Hall–Kier alpha value is -1.63. The zero-order valence-electron chi connectivity index (χ0n) is 16.1. The van der Waals surface area contributed by atoms with Crippen LogP contribution in [-0.2, 0) is 16.7 Å². The molecular formula is C20H25ClN2O3S. The summed E-state index contributed by atoms with van der Waals surface area (Å²) in [5.74, 6) is 0.101. The van der Waals surface area contributed by atoms with E-state index in [0.29, 0.717) is 27.7 Å². The SMILES string of the molecule is COc1ccc(Cl)cc1C(=O)N=c1sc(C(C)(C)C)cn1C[C@@H]1CCCO1. The molecule has 0 spiro atoms. The fraction of sp³-hybridized carbons (Fsp3) is 0.500. The molecule has 1 atom stereocenters. The fourth-order valence-corrected chi connectivity index (χ4v) is 4.17. The van der Waals surface area contributed by atoms with E-state index in [1.54, 1.807) is 18.2 Å². The normalized spacial score (nSPS) is 18.1. The van der Waals surface area contributed by atoms with E-state index in [1.165, 1.54) is 23.3 Å². The Balaban J connectivity index is 2.02. The first kappa shape index (κ1) is 20.1. The number of halogens is 1. The molecule has 1 aliphatic heterocycles. The number of benzene rings is 1. The van der Waals surface area contributed by atoms with Crippen LogP contribution in [0.1, 0.15) is 48.8 Å². The average Bonchev–Trinajstić information content (AvgIpc) is 3.25. The zero-order chi connectivity index (χ0) is 19.6. The van der Waals surface area contributed by atoms with Gasteiger partial charge in [0.05, 0.1) is 25.3 Å². The molecule has 3 rings (SSSR count). The molecule has 0 bridgehead atoms. The number of carbonyl (C=O) groups is 1. The number of aromatic nitrogens is 1. The Labute approximate surface area is 168 Å². The monoisotopic (exact) mass is 408 g/mol. The van der Waals surface area contributed by atoms with Crippen LogP contribution >= 0.6 is 22.9 Å². The van der Waals surface area contributed by atoms with Crippen molar-refractivity contribution in [2.45, 2.75) is 51.7 Å². The minimum Gasteiger partial charge on any atom is -0.496 e. The number of hydrogen-bond donors (Lipinski definition) is 0. The van der Waals surface area contributed by atoms with Gasteiger partial charge in [0.25, 0.3) is 5.91 Å². The van der Waals surface area contributed by atoms with Gasteiger partial charge in [0, 0.05) is 22.7 Å². The second kappa shape index (κ2) is 8.17. The van der Waals surface area contributed by atoms with E-state index in [2.05, 4.69) is 32.0 Å². The third kappa shape index (κ3) is 4.81. The number of rotatable bonds is 4. The standard InChI is InChI=1S/C20H25ClN2O3S/c1-20(2,3)17-12-23(11-14-6-5-9-26-14)19(27-17)22-18(24)15-10-13(21)7-8-16(15)25-4/h7-8,10,12,14H,5-6,9,11H2,1-4H3/t14-/m0/s1. The lowest BCUT2D eigenvalue weighted by molar-refractivity contribution is 0.0948. The van der Waals surface area contributed by atoms with Gasteiger partial charge in [-0.2, -0.15) is 4.99 Å². The summed E-state index contributed by atoms with van der Waals surface area (Å²) >= 11 is 7.60. The van der Waals surface area contributed by atoms with Crippen LogP contribution in [0.15, 0.2) is 29.4 Å². The van der Waals surface area contributed by atoms with Crippen molar-refractivity contribution in [3.8, 4) is 5.75 Å². The second-order valence-electron chi connectivity index (χ2n) is 7.68. The fourth-order valence-electron chi connectivity index (χ4n) is 2.95. The average molecular weight is 409 g/mol. The van der Waals surface area contributed by atoms with Gasteiger partial charge in [0.2, 0.25) is 0 Å². The highest BCUT2D eigenvalue weighted by molar-refractivity contribution is 7.09. The molecule has 1 amide bonds. The van der Waals surface area contributed by atoms with Gasteiger partial charge in [-0.1, -0.05) is 32.4 Å². The first-order valence-electron chi connectivity index (χ1n) is 9.03. The maximum absolute atomic E-state index is 12.9. The van der Waals surface area contributed by atoms with E-state index >= 15 is 0 Å². The molecule has 0 unspecified atom stereocenters. The van der Waals surface area contributed by atoms with Crippen molar-refractivity contribution in [2.75, 3.05) is 13.7 Å². The Kier molecular flexibility index (Phi) is 6.08. The van der Waals surface area contributed by atoms with Crippen molar-refractivity contribution in [3.05, 3.63) is 44.7 Å². The maximum Gasteiger partial charge on any atom is 0.283 e. The summed E-state index contributed by atoms with van der Waals surface area (Å²) in [6, 6.07) is 4.97. The lowest BCUT2D eigenvalue weighted by Gasteiger charge is -2.15. The van der Waals surface area contributed by atoms with Gasteiger partial charge >= 0.3 is 0 Å². The van der Waals surface area contributed by atoms with Crippen molar-refractivity contribution in [2.24, 2.45) is 4.99 Å². The summed E-state index contributed by atoms with van der Waals surface area (Å²) in [6.07, 6.45) is 4.37. The molecule has 0 saturated carbocycles. The molecule has 0 radical (unpaired) electrons. The third-order valence-corrected chi connectivity index (χ3v) is 6.15. The van der Waals surface area contributed by atoms with E-state index in [9.17, 15) is 4.79 Å². The lowest BCUT2D eigenvalue weighted by Crippen LogP contribution is -2.23. The van der Waals surface area contributed by atoms with Crippen LogP contribution < -0.4 is 9.54 Å². The lowest BCUT2D eigenvalue weighted by atomic mass is 9.95. The van der Waals surface area contributed by atoms with Gasteiger partial charge in [-0.25, -0.2) is 0 Å². The summed E-state index contributed by atoms with van der Waals surface area (Å²) in [7, 11) is 1.53. The highest BCUT2D eigenvalue weighted by atomic mass is 35.5. The molecule has 27 heavy (non-hydrogen) atoms. The molecule has 2 aromatic rings. The van der Waals surface area contributed by atoms with Crippen molar-refractivity contribution in [1.82, 2.24) is 4.57 Å². The number of hydrogen-bond acceptors (Lipinski definition) is 4. The molecule has 0 aliphatic carbocycles. The van der Waals surface area contributed by atoms with Crippen LogP contribution in [-0.4, -0.2) is 30.3 Å². The second-order valence-corrected chi connectivity index (χ2v) is 9.12. The molecule has 1 aliphatic rings. The van der Waals surface area contributed by atoms with Gasteiger partial charge in [0.1, 0.15) is 5.75 Å². The maximum atomic E-state index is 12.9. The highest BCUT2D eigenvalue weighted by Gasteiger charge is 2.22. The number of methoxy groups -OCH3 is 1. The molecule has 5 nitrogen and oxygen atoms in total. The van der Waals surface area contributed by atoms with Crippen LogP contribution in [0.2, 0.25) is 5.02 Å². The summed E-state index contributed by atoms with van der Waals surface area (Å²) in [4.78, 5) is 19.1. The highest BCUT2D eigenvalue weighted by Crippen LogP contribution is 2.26. The number of thiazole rings is 1.